The molecule has 1 saturated heterocycles. The van der Waals surface area contributed by atoms with Crippen molar-refractivity contribution in [3.8, 4) is 5.75 Å². The molecule has 2 aromatic rings. The first-order valence-electron chi connectivity index (χ1n) is 9.25. The van der Waals surface area contributed by atoms with Crippen molar-refractivity contribution in [1.82, 2.24) is 5.32 Å². The van der Waals surface area contributed by atoms with Gasteiger partial charge in [0.2, 0.25) is 0 Å². The van der Waals surface area contributed by atoms with Gasteiger partial charge in [-0.1, -0.05) is 12.1 Å². The smallest absolute Gasteiger partial charge is 0.265 e. The quantitative estimate of drug-likeness (QED) is 0.767. The number of hydrogen-bond donors (Lipinski definition) is 2. The van der Waals surface area contributed by atoms with Crippen LogP contribution in [-0.4, -0.2) is 37.2 Å². The minimum Gasteiger partial charge on any atom is -0.481 e. The molecule has 0 aliphatic carbocycles. The summed E-state index contributed by atoms with van der Waals surface area (Å²) in [6.45, 7) is 2.74. The number of amides is 2. The zero-order valence-corrected chi connectivity index (χ0v) is 15.6. The van der Waals surface area contributed by atoms with Gasteiger partial charge in [0.1, 0.15) is 11.6 Å². The van der Waals surface area contributed by atoms with Gasteiger partial charge in [-0.15, -0.1) is 0 Å². The van der Waals surface area contributed by atoms with Crippen molar-refractivity contribution >= 4 is 17.5 Å². The molecule has 148 valence electrons. The molecular formula is C21H23FN2O4. The zero-order valence-electron chi connectivity index (χ0n) is 15.6. The Morgan fingerprint density at radius 1 is 1.21 bits per heavy atom. The largest absolute Gasteiger partial charge is 0.481 e. The number of benzene rings is 2. The molecule has 0 saturated carbocycles. The highest BCUT2D eigenvalue weighted by molar-refractivity contribution is 6.04. The molecule has 2 N–H and O–H groups in total. The number of hydrogen-bond acceptors (Lipinski definition) is 4. The van der Waals surface area contributed by atoms with Crippen LogP contribution >= 0.6 is 0 Å². The van der Waals surface area contributed by atoms with Crippen molar-refractivity contribution in [3.63, 3.8) is 0 Å². The van der Waals surface area contributed by atoms with E-state index in [-0.39, 0.29) is 17.8 Å². The fourth-order valence-electron chi connectivity index (χ4n) is 2.90. The minimum absolute atomic E-state index is 0.0369. The van der Waals surface area contributed by atoms with Gasteiger partial charge in [-0.3, -0.25) is 9.59 Å². The van der Waals surface area contributed by atoms with Gasteiger partial charge in [0.25, 0.3) is 11.8 Å². The first kappa shape index (κ1) is 19.8. The molecule has 0 spiro atoms. The van der Waals surface area contributed by atoms with Crippen molar-refractivity contribution in [3.05, 3.63) is 59.9 Å². The molecule has 1 fully saturated rings. The normalized spacial score (nSPS) is 17.0. The summed E-state index contributed by atoms with van der Waals surface area (Å²) in [6, 6.07) is 12.2. The van der Waals surface area contributed by atoms with Crippen molar-refractivity contribution in [2.24, 2.45) is 0 Å². The van der Waals surface area contributed by atoms with Crippen LogP contribution in [0.5, 0.6) is 5.75 Å². The van der Waals surface area contributed by atoms with E-state index < -0.39 is 12.0 Å². The molecule has 1 aliphatic heterocycles. The van der Waals surface area contributed by atoms with Gasteiger partial charge in [-0.2, -0.15) is 0 Å². The molecule has 0 radical (unpaired) electrons. The number of carbonyl (C=O) groups excluding carboxylic acids is 2. The summed E-state index contributed by atoms with van der Waals surface area (Å²) in [4.78, 5) is 25.0. The van der Waals surface area contributed by atoms with Crippen LogP contribution < -0.4 is 15.4 Å². The van der Waals surface area contributed by atoms with Crippen LogP contribution in [0.4, 0.5) is 10.1 Å². The van der Waals surface area contributed by atoms with E-state index >= 15 is 0 Å². The van der Waals surface area contributed by atoms with E-state index in [1.807, 2.05) is 0 Å². The second kappa shape index (κ2) is 9.32. The zero-order chi connectivity index (χ0) is 19.9. The van der Waals surface area contributed by atoms with Crippen molar-refractivity contribution in [1.29, 1.82) is 0 Å². The van der Waals surface area contributed by atoms with E-state index in [2.05, 4.69) is 10.6 Å². The molecular weight excluding hydrogens is 363 g/mol. The third kappa shape index (κ3) is 5.29. The molecule has 0 aromatic heterocycles. The first-order chi connectivity index (χ1) is 13.5. The van der Waals surface area contributed by atoms with Crippen LogP contribution in [0, 0.1) is 5.82 Å². The fourth-order valence-corrected chi connectivity index (χ4v) is 2.90. The molecule has 1 aliphatic rings. The van der Waals surface area contributed by atoms with Crippen LogP contribution in [0.2, 0.25) is 0 Å². The van der Waals surface area contributed by atoms with E-state index in [1.54, 1.807) is 31.2 Å². The van der Waals surface area contributed by atoms with Crippen molar-refractivity contribution in [2.45, 2.75) is 32.0 Å². The van der Waals surface area contributed by atoms with Crippen molar-refractivity contribution in [2.75, 3.05) is 18.5 Å². The molecule has 28 heavy (non-hydrogen) atoms. The maximum absolute atomic E-state index is 13.0. The first-order valence-corrected chi connectivity index (χ1v) is 9.25. The molecule has 1 heterocycles. The third-order valence-electron chi connectivity index (χ3n) is 4.44. The van der Waals surface area contributed by atoms with Gasteiger partial charge in [0, 0.05) is 13.2 Å². The van der Waals surface area contributed by atoms with Gasteiger partial charge in [0.05, 0.1) is 17.4 Å². The lowest BCUT2D eigenvalue weighted by Gasteiger charge is -2.17. The standard InChI is InChI=1S/C21H23FN2O4/c1-14(28-16-10-8-15(22)9-11-16)20(25)24-19-7-3-2-6-18(19)21(26)23-13-17-5-4-12-27-17/h2-3,6-11,14,17H,4-5,12-13H2,1H3,(H,23,26)(H,24,25). The Balaban J connectivity index is 1.60. The van der Waals surface area contributed by atoms with E-state index in [4.69, 9.17) is 9.47 Å². The molecule has 2 atom stereocenters. The van der Waals surface area contributed by atoms with E-state index in [9.17, 15) is 14.0 Å². The number of anilines is 1. The Hall–Kier alpha value is -2.93. The molecule has 3 rings (SSSR count). The summed E-state index contributed by atoms with van der Waals surface area (Å²) in [5.41, 5.74) is 0.759. The average molecular weight is 386 g/mol. The lowest BCUT2D eigenvalue weighted by Crippen LogP contribution is -2.34. The number of para-hydroxylation sites is 1. The number of ether oxygens (including phenoxy) is 2. The highest BCUT2D eigenvalue weighted by Gasteiger charge is 2.20. The molecule has 0 bridgehead atoms. The molecule has 2 unspecified atom stereocenters. The monoisotopic (exact) mass is 386 g/mol. The second-order valence-electron chi connectivity index (χ2n) is 6.59. The summed E-state index contributed by atoms with van der Waals surface area (Å²) < 4.78 is 24.0. The summed E-state index contributed by atoms with van der Waals surface area (Å²) >= 11 is 0. The summed E-state index contributed by atoms with van der Waals surface area (Å²) in [5, 5.41) is 5.57. The Labute approximate surface area is 163 Å². The average Bonchev–Trinajstić information content (AvgIpc) is 3.22. The van der Waals surface area contributed by atoms with Crippen LogP contribution in [0.25, 0.3) is 0 Å². The Bertz CT molecular complexity index is 819. The van der Waals surface area contributed by atoms with Gasteiger partial charge in [-0.05, 0) is 56.2 Å². The van der Waals surface area contributed by atoms with Gasteiger partial charge < -0.3 is 20.1 Å². The molecule has 2 amide bonds. The summed E-state index contributed by atoms with van der Waals surface area (Å²) in [7, 11) is 0. The van der Waals surface area contributed by atoms with E-state index in [1.165, 1.54) is 24.3 Å². The third-order valence-corrected chi connectivity index (χ3v) is 4.44. The highest BCUT2D eigenvalue weighted by atomic mass is 19.1. The van der Waals surface area contributed by atoms with Crippen molar-refractivity contribution < 1.29 is 23.5 Å². The number of nitrogens with one attached hydrogen (secondary N) is 2. The fraction of sp³-hybridized carbons (Fsp3) is 0.333. The second-order valence-corrected chi connectivity index (χ2v) is 6.59. The maximum atomic E-state index is 13.0. The molecule has 2 aromatic carbocycles. The summed E-state index contributed by atoms with van der Waals surface area (Å²) in [5.74, 6) is -0.693. The van der Waals surface area contributed by atoms with Crippen LogP contribution in [0.3, 0.4) is 0 Å². The van der Waals surface area contributed by atoms with Gasteiger partial charge in [0.15, 0.2) is 6.10 Å². The summed E-state index contributed by atoms with van der Waals surface area (Å²) in [6.07, 6.45) is 1.14. The maximum Gasteiger partial charge on any atom is 0.265 e. The van der Waals surface area contributed by atoms with Crippen LogP contribution in [-0.2, 0) is 9.53 Å². The Kier molecular flexibility index (Phi) is 6.60. The lowest BCUT2D eigenvalue weighted by molar-refractivity contribution is -0.122. The highest BCUT2D eigenvalue weighted by Crippen LogP contribution is 2.18. The minimum atomic E-state index is -0.825. The topological polar surface area (TPSA) is 76.7 Å². The molecule has 7 heteroatoms. The number of halogens is 1. The van der Waals surface area contributed by atoms with E-state index in [0.717, 1.165) is 19.4 Å². The Morgan fingerprint density at radius 3 is 2.68 bits per heavy atom. The lowest BCUT2D eigenvalue weighted by atomic mass is 10.1. The van der Waals surface area contributed by atoms with Gasteiger partial charge >= 0.3 is 0 Å². The van der Waals surface area contributed by atoms with E-state index in [0.29, 0.717) is 23.5 Å². The number of rotatable bonds is 7. The molecule has 6 nitrogen and oxygen atoms in total. The predicted molar refractivity (Wildman–Crippen MR) is 103 cm³/mol. The SMILES string of the molecule is CC(Oc1ccc(F)cc1)C(=O)Nc1ccccc1C(=O)NCC1CCCO1. The van der Waals surface area contributed by atoms with Crippen LogP contribution in [0.15, 0.2) is 48.5 Å². The number of carbonyl (C=O) groups is 2. The van der Waals surface area contributed by atoms with Gasteiger partial charge in [-0.25, -0.2) is 4.39 Å². The predicted octanol–water partition coefficient (Wildman–Crippen LogP) is 3.14. The van der Waals surface area contributed by atoms with Crippen LogP contribution in [0.1, 0.15) is 30.1 Å². The Morgan fingerprint density at radius 2 is 1.96 bits per heavy atom.